The van der Waals surface area contributed by atoms with E-state index in [1.54, 1.807) is 4.57 Å². The number of pyridine rings is 1. The van der Waals surface area contributed by atoms with E-state index in [4.69, 9.17) is 15.2 Å². The summed E-state index contributed by atoms with van der Waals surface area (Å²) in [4.78, 5) is 36.5. The molecule has 0 spiro atoms. The summed E-state index contributed by atoms with van der Waals surface area (Å²) in [5, 5.41) is 3.44. The zero-order chi connectivity index (χ0) is 26.8. The average molecular weight is 527 g/mol. The van der Waals surface area contributed by atoms with Crippen LogP contribution in [-0.2, 0) is 17.6 Å². The Hall–Kier alpha value is -4.28. The number of morpholine rings is 1. The van der Waals surface area contributed by atoms with E-state index in [1.807, 2.05) is 30.3 Å². The van der Waals surface area contributed by atoms with Crippen LogP contribution in [0.2, 0.25) is 0 Å². The molecule has 0 radical (unpaired) electrons. The molecule has 1 amide bonds. The zero-order valence-electron chi connectivity index (χ0n) is 21.6. The lowest BCUT2D eigenvalue weighted by Gasteiger charge is -2.26. The van der Waals surface area contributed by atoms with Gasteiger partial charge in [0.15, 0.2) is 5.65 Å². The fourth-order valence-electron chi connectivity index (χ4n) is 5.16. The molecule has 3 N–H and O–H groups in total. The first kappa shape index (κ1) is 25.0. The molecule has 2 aromatic carbocycles. The first-order chi connectivity index (χ1) is 19.0. The van der Waals surface area contributed by atoms with E-state index in [-0.39, 0.29) is 10.9 Å². The molecule has 1 fully saturated rings. The second kappa shape index (κ2) is 10.8. The smallest absolute Gasteiger partial charge is 0.254 e. The molecular weight excluding hydrogens is 496 g/mol. The normalized spacial score (nSPS) is 15.3. The van der Waals surface area contributed by atoms with Gasteiger partial charge in [-0.1, -0.05) is 12.1 Å². The summed E-state index contributed by atoms with van der Waals surface area (Å²) < 4.78 is 13.1. The second-order valence-corrected chi connectivity index (χ2v) is 9.80. The van der Waals surface area contributed by atoms with Gasteiger partial charge in [-0.3, -0.25) is 14.5 Å². The molecule has 4 aromatic rings. The number of amides is 1. The maximum absolute atomic E-state index is 13.0. The molecule has 0 saturated carbocycles. The largest absolute Gasteiger partial charge is 0.492 e. The van der Waals surface area contributed by atoms with Crippen LogP contribution in [0, 0.1) is 0 Å². The van der Waals surface area contributed by atoms with Gasteiger partial charge in [0.2, 0.25) is 11.4 Å². The highest BCUT2D eigenvalue weighted by Gasteiger charge is 2.18. The number of nitrogens with zero attached hydrogens (tertiary/aromatic N) is 4. The highest BCUT2D eigenvalue weighted by atomic mass is 16.5. The van der Waals surface area contributed by atoms with Gasteiger partial charge in [-0.15, -0.1) is 0 Å². The maximum Gasteiger partial charge on any atom is 0.254 e. The number of rotatable bonds is 8. The lowest BCUT2D eigenvalue weighted by Crippen LogP contribution is -2.38. The predicted molar refractivity (Wildman–Crippen MR) is 148 cm³/mol. The topological polar surface area (TPSA) is 125 Å². The first-order valence-corrected chi connectivity index (χ1v) is 13.2. The summed E-state index contributed by atoms with van der Waals surface area (Å²) in [6, 6.07) is 13.7. The molecule has 10 heteroatoms. The van der Waals surface area contributed by atoms with Crippen LogP contribution >= 0.6 is 0 Å². The number of nitrogens with two attached hydrogens (primary N) is 1. The van der Waals surface area contributed by atoms with Crippen LogP contribution in [0.3, 0.4) is 0 Å². The van der Waals surface area contributed by atoms with Gasteiger partial charge in [0.05, 0.1) is 18.6 Å². The lowest BCUT2D eigenvalue weighted by atomic mass is 10.1. The first-order valence-electron chi connectivity index (χ1n) is 13.2. The number of carbonyl (C=O) groups excluding carboxylic acids is 1. The molecule has 200 valence electrons. The zero-order valence-corrected chi connectivity index (χ0v) is 21.6. The monoisotopic (exact) mass is 526 g/mol. The van der Waals surface area contributed by atoms with E-state index in [1.165, 1.54) is 23.5 Å². The highest BCUT2D eigenvalue weighted by molar-refractivity contribution is 5.96. The van der Waals surface area contributed by atoms with Gasteiger partial charge < -0.3 is 25.1 Å². The number of anilines is 2. The molecule has 1 aliphatic carbocycles. The van der Waals surface area contributed by atoms with E-state index >= 15 is 0 Å². The Balaban J connectivity index is 1.28. The van der Waals surface area contributed by atoms with Crippen molar-refractivity contribution in [3.05, 3.63) is 81.8 Å². The Morgan fingerprint density at radius 1 is 1.10 bits per heavy atom. The Kier molecular flexibility index (Phi) is 6.95. The predicted octanol–water partition coefficient (Wildman–Crippen LogP) is 2.82. The molecule has 2 aliphatic rings. The van der Waals surface area contributed by atoms with Crippen molar-refractivity contribution in [2.24, 2.45) is 5.73 Å². The van der Waals surface area contributed by atoms with Crippen molar-refractivity contribution in [1.29, 1.82) is 0 Å². The molecule has 1 aliphatic heterocycles. The molecule has 0 bridgehead atoms. The van der Waals surface area contributed by atoms with Crippen molar-refractivity contribution in [2.75, 3.05) is 44.8 Å². The number of carbonyl (C=O) groups is 1. The van der Waals surface area contributed by atoms with Crippen LogP contribution in [0.5, 0.6) is 5.75 Å². The van der Waals surface area contributed by atoms with Gasteiger partial charge in [0, 0.05) is 49.5 Å². The molecule has 0 unspecified atom stereocenters. The minimum Gasteiger partial charge on any atom is -0.492 e. The Morgan fingerprint density at radius 2 is 1.95 bits per heavy atom. The Labute approximate surface area is 225 Å². The number of hydrogen-bond acceptors (Lipinski definition) is 8. The van der Waals surface area contributed by atoms with Crippen LogP contribution < -0.4 is 21.2 Å². The van der Waals surface area contributed by atoms with Crippen LogP contribution in [-0.4, -0.2) is 64.8 Å². The number of aryl methyl sites for hydroxylation is 2. The number of primary amides is 1. The van der Waals surface area contributed by atoms with Crippen LogP contribution in [0.1, 0.15) is 27.9 Å². The SMILES string of the molecule is NC(=O)c1cn(-c2ccc3c(c2)CCC3)c2nc(Nc3cccc(OCCN4CCOCC4)c3)ncc2c1=O. The summed E-state index contributed by atoms with van der Waals surface area (Å²) >= 11 is 0. The fourth-order valence-corrected chi connectivity index (χ4v) is 5.16. The van der Waals surface area contributed by atoms with Crippen molar-refractivity contribution in [3.8, 4) is 11.4 Å². The van der Waals surface area contributed by atoms with Crippen molar-refractivity contribution < 1.29 is 14.3 Å². The molecular formula is C29H30N6O4. The number of ether oxygens (including phenoxy) is 2. The third kappa shape index (κ3) is 5.34. The van der Waals surface area contributed by atoms with E-state index < -0.39 is 11.3 Å². The Bertz CT molecular complexity index is 1600. The van der Waals surface area contributed by atoms with E-state index in [2.05, 4.69) is 32.3 Å². The van der Waals surface area contributed by atoms with Gasteiger partial charge in [0.25, 0.3) is 5.91 Å². The van der Waals surface area contributed by atoms with Crippen LogP contribution in [0.25, 0.3) is 16.7 Å². The number of aromatic nitrogens is 3. The highest BCUT2D eigenvalue weighted by Crippen LogP contribution is 2.26. The minimum atomic E-state index is -0.788. The van der Waals surface area contributed by atoms with Crippen molar-refractivity contribution >= 4 is 28.6 Å². The Morgan fingerprint density at radius 3 is 2.79 bits per heavy atom. The van der Waals surface area contributed by atoms with Gasteiger partial charge in [-0.05, 0) is 54.7 Å². The molecule has 3 heterocycles. The van der Waals surface area contributed by atoms with E-state index in [9.17, 15) is 9.59 Å². The van der Waals surface area contributed by atoms with Gasteiger partial charge >= 0.3 is 0 Å². The standard InChI is InChI=1S/C29H30N6O4/c30-27(37)25-18-35(22-8-7-19-3-1-4-20(19)15-22)28-24(26(25)36)17-31-29(33-28)32-21-5-2-6-23(16-21)39-14-11-34-9-12-38-13-10-34/h2,5-8,15-18H,1,3-4,9-14H2,(H2,30,37)(H,31,32,33). The maximum atomic E-state index is 13.0. The average Bonchev–Trinajstić information content (AvgIpc) is 3.42. The molecule has 2 aromatic heterocycles. The molecule has 6 rings (SSSR count). The molecule has 0 atom stereocenters. The van der Waals surface area contributed by atoms with Gasteiger partial charge in [-0.2, -0.15) is 4.98 Å². The van der Waals surface area contributed by atoms with E-state index in [0.717, 1.165) is 69.2 Å². The van der Waals surface area contributed by atoms with Crippen molar-refractivity contribution in [2.45, 2.75) is 19.3 Å². The third-order valence-corrected chi connectivity index (χ3v) is 7.24. The van der Waals surface area contributed by atoms with Crippen molar-refractivity contribution in [1.82, 2.24) is 19.4 Å². The van der Waals surface area contributed by atoms with Crippen LogP contribution in [0.4, 0.5) is 11.6 Å². The summed E-state index contributed by atoms with van der Waals surface area (Å²) in [6.45, 7) is 4.77. The van der Waals surface area contributed by atoms with Gasteiger partial charge in [0.1, 0.15) is 17.9 Å². The fraction of sp³-hybridized carbons (Fsp3) is 0.310. The minimum absolute atomic E-state index is 0.103. The number of benzene rings is 2. The second-order valence-electron chi connectivity index (χ2n) is 9.80. The third-order valence-electron chi connectivity index (χ3n) is 7.24. The summed E-state index contributed by atoms with van der Waals surface area (Å²) in [5.41, 5.74) is 9.48. The molecule has 39 heavy (non-hydrogen) atoms. The molecule has 10 nitrogen and oxygen atoms in total. The van der Waals surface area contributed by atoms with E-state index in [0.29, 0.717) is 18.2 Å². The number of hydrogen-bond donors (Lipinski definition) is 2. The van der Waals surface area contributed by atoms with Gasteiger partial charge in [-0.25, -0.2) is 4.98 Å². The quantitative estimate of drug-likeness (QED) is 0.359. The number of nitrogens with one attached hydrogen (secondary N) is 1. The summed E-state index contributed by atoms with van der Waals surface area (Å²) in [5.74, 6) is 0.258. The summed E-state index contributed by atoms with van der Waals surface area (Å²) in [7, 11) is 0. The van der Waals surface area contributed by atoms with Crippen LogP contribution in [0.15, 0.2) is 59.7 Å². The lowest BCUT2D eigenvalue weighted by molar-refractivity contribution is 0.0322. The van der Waals surface area contributed by atoms with Crippen molar-refractivity contribution in [3.63, 3.8) is 0 Å². The summed E-state index contributed by atoms with van der Waals surface area (Å²) in [6.07, 6.45) is 6.08. The molecule has 1 saturated heterocycles. The number of fused-ring (bicyclic) bond motifs is 2.